The van der Waals surface area contributed by atoms with Gasteiger partial charge in [0.15, 0.2) is 9.84 Å². The third-order valence-electron chi connectivity index (χ3n) is 13.7. The molecule has 0 spiro atoms. The van der Waals surface area contributed by atoms with Crippen molar-refractivity contribution in [1.82, 2.24) is 0 Å². The first-order chi connectivity index (χ1) is 18.9. The minimum absolute atomic E-state index is 0.106. The molecule has 2 N–H and O–H groups in total. The molecule has 224 valence electrons. The van der Waals surface area contributed by atoms with Crippen molar-refractivity contribution in [3.05, 3.63) is 30.3 Å². The van der Waals surface area contributed by atoms with Gasteiger partial charge in [-0.05, 0) is 155 Å². The van der Waals surface area contributed by atoms with Crippen LogP contribution in [0.25, 0.3) is 0 Å². The maximum atomic E-state index is 14.2. The average molecular weight is 571 g/mol. The molecule has 6 rings (SSSR count). The maximum absolute atomic E-state index is 14.2. The van der Waals surface area contributed by atoms with E-state index in [1.54, 1.807) is 12.1 Å². The average Bonchev–Trinajstić information content (AvgIpc) is 3.27. The van der Waals surface area contributed by atoms with Crippen LogP contribution in [0.1, 0.15) is 117 Å². The Bertz CT molecular complexity index is 1140. The van der Waals surface area contributed by atoms with Crippen LogP contribution in [-0.4, -0.2) is 35.6 Å². The first-order valence-corrected chi connectivity index (χ1v) is 18.2. The number of aliphatic hydroxyl groups excluding tert-OH is 1. The van der Waals surface area contributed by atoms with Gasteiger partial charge in [-0.15, -0.1) is 0 Å². The van der Waals surface area contributed by atoms with Gasteiger partial charge in [-0.3, -0.25) is 0 Å². The van der Waals surface area contributed by atoms with Crippen molar-refractivity contribution < 1.29 is 18.6 Å². The molecule has 0 saturated heterocycles. The highest BCUT2D eigenvalue weighted by molar-refractivity contribution is 7.92. The number of fused-ring (bicyclic) bond motifs is 5. The minimum Gasteiger partial charge on any atom is -0.393 e. The van der Waals surface area contributed by atoms with Crippen LogP contribution >= 0.6 is 0 Å². The molecule has 9 atom stereocenters. The highest BCUT2D eigenvalue weighted by Gasteiger charge is 2.60. The number of rotatable bonds is 6. The lowest BCUT2D eigenvalue weighted by molar-refractivity contribution is -0.127. The Morgan fingerprint density at radius 1 is 0.850 bits per heavy atom. The molecule has 0 aromatic heterocycles. The highest BCUT2D eigenvalue weighted by atomic mass is 32.2. The molecule has 8 unspecified atom stereocenters. The van der Waals surface area contributed by atoms with Crippen LogP contribution in [-0.2, 0) is 9.84 Å². The van der Waals surface area contributed by atoms with Gasteiger partial charge in [0.25, 0.3) is 0 Å². The normalized spacial score (nSPS) is 46.2. The molecule has 0 heterocycles. The van der Waals surface area contributed by atoms with Gasteiger partial charge in [-0.2, -0.15) is 0 Å². The Hall–Kier alpha value is -0.910. The summed E-state index contributed by atoms with van der Waals surface area (Å²) >= 11 is 0. The molecular formula is C35H54O4S. The van der Waals surface area contributed by atoms with Gasteiger partial charge in [0.1, 0.15) is 0 Å². The van der Waals surface area contributed by atoms with Crippen LogP contribution in [0, 0.1) is 46.3 Å². The van der Waals surface area contributed by atoms with Gasteiger partial charge in [-0.25, -0.2) is 8.42 Å². The fourth-order valence-corrected chi connectivity index (χ4v) is 13.0. The zero-order valence-electron chi connectivity index (χ0n) is 25.2. The Balaban J connectivity index is 1.25. The predicted molar refractivity (Wildman–Crippen MR) is 160 cm³/mol. The Kier molecular flexibility index (Phi) is 7.78. The van der Waals surface area contributed by atoms with Crippen molar-refractivity contribution in [3.8, 4) is 0 Å². The summed E-state index contributed by atoms with van der Waals surface area (Å²) in [7, 11) is -3.54. The van der Waals surface area contributed by atoms with Gasteiger partial charge in [0.2, 0.25) is 0 Å². The summed E-state index contributed by atoms with van der Waals surface area (Å²) < 4.78 is 28.4. The van der Waals surface area contributed by atoms with Crippen LogP contribution < -0.4 is 0 Å². The molecule has 5 aliphatic carbocycles. The Morgan fingerprint density at radius 3 is 2.25 bits per heavy atom. The lowest BCUT2D eigenvalue weighted by Crippen LogP contribution is -2.54. The van der Waals surface area contributed by atoms with Crippen LogP contribution in [0.3, 0.4) is 0 Å². The molecule has 40 heavy (non-hydrogen) atoms. The molecule has 0 amide bonds. The quantitative estimate of drug-likeness (QED) is 0.370. The molecule has 5 aliphatic rings. The van der Waals surface area contributed by atoms with Crippen LogP contribution in [0.2, 0.25) is 0 Å². The van der Waals surface area contributed by atoms with Crippen LogP contribution in [0.5, 0.6) is 0 Å². The molecule has 5 saturated carbocycles. The van der Waals surface area contributed by atoms with E-state index in [2.05, 4.69) is 20.8 Å². The van der Waals surface area contributed by atoms with Gasteiger partial charge in [-0.1, -0.05) is 39.0 Å². The van der Waals surface area contributed by atoms with Crippen LogP contribution in [0.4, 0.5) is 0 Å². The lowest BCUT2D eigenvalue weighted by Gasteiger charge is -2.61. The molecule has 5 fully saturated rings. The van der Waals surface area contributed by atoms with Crippen molar-refractivity contribution in [2.24, 2.45) is 46.3 Å². The molecule has 0 bridgehead atoms. The largest absolute Gasteiger partial charge is 0.393 e. The third-order valence-corrected chi connectivity index (χ3v) is 15.9. The zero-order valence-corrected chi connectivity index (χ0v) is 26.0. The molecule has 0 radical (unpaired) electrons. The number of aliphatic hydroxyl groups is 2. The fraction of sp³-hybridized carbons (Fsp3) is 0.829. The second kappa shape index (κ2) is 10.7. The fourth-order valence-electron chi connectivity index (χ4n) is 11.1. The summed E-state index contributed by atoms with van der Waals surface area (Å²) in [5, 5.41) is 21.5. The first kappa shape index (κ1) is 29.2. The summed E-state index contributed by atoms with van der Waals surface area (Å²) in [5.41, 5.74) is -0.317. The van der Waals surface area contributed by atoms with Gasteiger partial charge >= 0.3 is 0 Å². The number of hydrogen-bond donors (Lipinski definition) is 2. The van der Waals surface area contributed by atoms with Gasteiger partial charge in [0, 0.05) is 0 Å². The Labute approximate surface area is 243 Å². The van der Waals surface area contributed by atoms with E-state index in [1.165, 1.54) is 38.5 Å². The monoisotopic (exact) mass is 570 g/mol. The van der Waals surface area contributed by atoms with E-state index in [1.807, 2.05) is 18.2 Å². The van der Waals surface area contributed by atoms with E-state index in [4.69, 9.17) is 0 Å². The molecule has 4 nitrogen and oxygen atoms in total. The van der Waals surface area contributed by atoms with E-state index >= 15 is 0 Å². The molecular weight excluding hydrogens is 516 g/mol. The molecule has 1 aromatic rings. The van der Waals surface area contributed by atoms with Crippen LogP contribution in [0.15, 0.2) is 35.2 Å². The number of sulfone groups is 1. The van der Waals surface area contributed by atoms with E-state index in [0.717, 1.165) is 56.8 Å². The van der Waals surface area contributed by atoms with Crippen molar-refractivity contribution in [3.63, 3.8) is 0 Å². The summed E-state index contributed by atoms with van der Waals surface area (Å²) in [5.74, 6) is 3.85. The maximum Gasteiger partial charge on any atom is 0.181 e. The highest BCUT2D eigenvalue weighted by Crippen LogP contribution is 2.68. The summed E-state index contributed by atoms with van der Waals surface area (Å²) in [6.45, 7) is 7.30. The molecule has 1 aromatic carbocycles. The van der Waals surface area contributed by atoms with Gasteiger partial charge < -0.3 is 10.2 Å². The SMILES string of the molecule is CC1CCC(O)(CC(C[C@H]2CCC3C4CCC5CC(O)CCC5(C)C4CCC32C)S(=O)(=O)c2ccccc2)CC1. The summed E-state index contributed by atoms with van der Waals surface area (Å²) in [4.78, 5) is 0.418. The van der Waals surface area contributed by atoms with Crippen molar-refractivity contribution in [2.45, 2.75) is 139 Å². The van der Waals surface area contributed by atoms with E-state index in [-0.39, 0.29) is 11.5 Å². The summed E-state index contributed by atoms with van der Waals surface area (Å²) in [6, 6.07) is 9.04. The lowest BCUT2D eigenvalue weighted by atomic mass is 9.44. The molecule has 0 aliphatic heterocycles. The van der Waals surface area contributed by atoms with Crippen molar-refractivity contribution in [1.29, 1.82) is 0 Å². The number of hydrogen-bond acceptors (Lipinski definition) is 4. The van der Waals surface area contributed by atoms with E-state index < -0.39 is 20.7 Å². The van der Waals surface area contributed by atoms with E-state index in [0.29, 0.717) is 46.8 Å². The Morgan fingerprint density at radius 2 is 1.52 bits per heavy atom. The predicted octanol–water partition coefficient (Wildman–Crippen LogP) is 7.57. The van der Waals surface area contributed by atoms with Crippen molar-refractivity contribution >= 4 is 9.84 Å². The standard InChI is InChI=1S/C35H54O4S/c1-24-13-19-35(37,20-14-24)23-29(40(38,39)28-7-5-4-6-8-28)22-26-10-12-31-30-11-9-25-21-27(36)15-17-33(25,2)32(30)16-18-34(26,31)3/h4-8,24-27,29-32,36-37H,9-23H2,1-3H3/t24?,25?,26-,27?,29?,30?,31?,32?,33?,34?,35?/m1/s1. The second-order valence-corrected chi connectivity index (χ2v) is 18.0. The molecule has 5 heteroatoms. The number of benzene rings is 1. The third kappa shape index (κ3) is 5.02. The van der Waals surface area contributed by atoms with Gasteiger partial charge in [0.05, 0.1) is 21.9 Å². The second-order valence-electron chi connectivity index (χ2n) is 15.7. The first-order valence-electron chi connectivity index (χ1n) is 16.6. The van der Waals surface area contributed by atoms with E-state index in [9.17, 15) is 18.6 Å². The minimum atomic E-state index is -3.54. The van der Waals surface area contributed by atoms with Crippen molar-refractivity contribution in [2.75, 3.05) is 0 Å². The zero-order chi connectivity index (χ0) is 28.3. The smallest absolute Gasteiger partial charge is 0.181 e. The topological polar surface area (TPSA) is 74.6 Å². The summed E-state index contributed by atoms with van der Waals surface area (Å²) in [6.07, 6.45) is 14.8.